The second-order valence-electron chi connectivity index (χ2n) is 5.19. The monoisotopic (exact) mass is 328 g/mol. The molecule has 0 aliphatic carbocycles. The summed E-state index contributed by atoms with van der Waals surface area (Å²) in [7, 11) is 1.43. The Labute approximate surface area is 136 Å². The SMILES string of the molecule is COc1cc(F)ccc1-c1ccc(=O)n(Cc2cccc(F)c2)n1. The molecule has 0 bridgehead atoms. The van der Waals surface area contributed by atoms with Crippen LogP contribution in [-0.2, 0) is 6.54 Å². The number of aromatic nitrogens is 2. The van der Waals surface area contributed by atoms with Crippen LogP contribution in [0, 0.1) is 11.6 Å². The Morgan fingerprint density at radius 1 is 1.04 bits per heavy atom. The van der Waals surface area contributed by atoms with Crippen LogP contribution in [0.2, 0.25) is 0 Å². The topological polar surface area (TPSA) is 44.1 Å². The smallest absolute Gasteiger partial charge is 0.267 e. The van der Waals surface area contributed by atoms with Crippen LogP contribution in [-0.4, -0.2) is 16.9 Å². The molecule has 122 valence electrons. The molecule has 0 saturated carbocycles. The lowest BCUT2D eigenvalue weighted by atomic mass is 10.1. The molecule has 0 radical (unpaired) electrons. The molecule has 0 unspecified atom stereocenters. The highest BCUT2D eigenvalue weighted by atomic mass is 19.1. The van der Waals surface area contributed by atoms with Gasteiger partial charge >= 0.3 is 0 Å². The Balaban J connectivity index is 2.02. The molecule has 0 aliphatic heterocycles. The molecule has 6 heteroatoms. The van der Waals surface area contributed by atoms with E-state index >= 15 is 0 Å². The summed E-state index contributed by atoms with van der Waals surface area (Å²) in [4.78, 5) is 12.0. The average molecular weight is 328 g/mol. The predicted octanol–water partition coefficient (Wildman–Crippen LogP) is 3.25. The van der Waals surface area contributed by atoms with E-state index in [2.05, 4.69) is 5.10 Å². The van der Waals surface area contributed by atoms with Gasteiger partial charge in [-0.2, -0.15) is 5.10 Å². The Hall–Kier alpha value is -3.02. The number of rotatable bonds is 4. The highest BCUT2D eigenvalue weighted by Crippen LogP contribution is 2.28. The quantitative estimate of drug-likeness (QED) is 0.738. The number of hydrogen-bond acceptors (Lipinski definition) is 3. The van der Waals surface area contributed by atoms with Gasteiger partial charge in [-0.25, -0.2) is 13.5 Å². The minimum Gasteiger partial charge on any atom is -0.496 e. The van der Waals surface area contributed by atoms with Gasteiger partial charge in [0.1, 0.15) is 17.4 Å². The lowest BCUT2D eigenvalue weighted by molar-refractivity contribution is 0.412. The van der Waals surface area contributed by atoms with E-state index in [0.29, 0.717) is 22.6 Å². The second kappa shape index (κ2) is 6.62. The number of halogens is 2. The van der Waals surface area contributed by atoms with E-state index in [1.165, 1.54) is 48.2 Å². The molecule has 0 atom stereocenters. The Kier molecular flexibility index (Phi) is 4.37. The number of hydrogen-bond donors (Lipinski definition) is 0. The Morgan fingerprint density at radius 3 is 2.58 bits per heavy atom. The summed E-state index contributed by atoms with van der Waals surface area (Å²) in [5.74, 6) is -0.487. The Bertz CT molecular complexity index is 938. The summed E-state index contributed by atoms with van der Waals surface area (Å²) in [5, 5.41) is 4.29. The molecule has 0 N–H and O–H groups in total. The standard InChI is InChI=1S/C18H14F2N2O2/c1-24-17-10-14(20)5-6-15(17)16-7-8-18(23)22(21-16)11-12-3-2-4-13(19)9-12/h2-10H,11H2,1H3. The zero-order valence-electron chi connectivity index (χ0n) is 12.9. The number of benzene rings is 2. The van der Waals surface area contributed by atoms with Crippen molar-refractivity contribution in [1.82, 2.24) is 9.78 Å². The van der Waals surface area contributed by atoms with Gasteiger partial charge in [0, 0.05) is 17.7 Å². The fourth-order valence-corrected chi connectivity index (χ4v) is 2.39. The molecule has 1 aromatic heterocycles. The lowest BCUT2D eigenvalue weighted by Gasteiger charge is -2.10. The summed E-state index contributed by atoms with van der Waals surface area (Å²) in [5.41, 5.74) is 1.33. The zero-order chi connectivity index (χ0) is 17.1. The first-order chi connectivity index (χ1) is 11.6. The van der Waals surface area contributed by atoms with Gasteiger partial charge in [-0.05, 0) is 35.9 Å². The molecule has 24 heavy (non-hydrogen) atoms. The molecular weight excluding hydrogens is 314 g/mol. The van der Waals surface area contributed by atoms with E-state index in [1.807, 2.05) is 0 Å². The van der Waals surface area contributed by atoms with Gasteiger partial charge in [-0.15, -0.1) is 0 Å². The Morgan fingerprint density at radius 2 is 1.83 bits per heavy atom. The van der Waals surface area contributed by atoms with Crippen molar-refractivity contribution in [2.75, 3.05) is 7.11 Å². The molecule has 2 aromatic carbocycles. The summed E-state index contributed by atoms with van der Waals surface area (Å²) in [6.07, 6.45) is 0. The summed E-state index contributed by atoms with van der Waals surface area (Å²) < 4.78 is 33.0. The lowest BCUT2D eigenvalue weighted by Crippen LogP contribution is -2.22. The van der Waals surface area contributed by atoms with Crippen molar-refractivity contribution in [3.63, 3.8) is 0 Å². The third-order valence-corrected chi connectivity index (χ3v) is 3.53. The first kappa shape index (κ1) is 15.9. The van der Waals surface area contributed by atoms with E-state index in [9.17, 15) is 13.6 Å². The molecule has 0 saturated heterocycles. The highest BCUT2D eigenvalue weighted by Gasteiger charge is 2.10. The molecular formula is C18H14F2N2O2. The second-order valence-corrected chi connectivity index (χ2v) is 5.19. The molecule has 4 nitrogen and oxygen atoms in total. The normalized spacial score (nSPS) is 10.6. The maximum Gasteiger partial charge on any atom is 0.267 e. The van der Waals surface area contributed by atoms with Crippen molar-refractivity contribution >= 4 is 0 Å². The zero-order valence-corrected chi connectivity index (χ0v) is 12.9. The van der Waals surface area contributed by atoms with Crippen LogP contribution >= 0.6 is 0 Å². The number of nitrogens with zero attached hydrogens (tertiary/aromatic N) is 2. The molecule has 0 fully saturated rings. The largest absolute Gasteiger partial charge is 0.496 e. The third-order valence-electron chi connectivity index (χ3n) is 3.53. The van der Waals surface area contributed by atoms with Gasteiger partial charge < -0.3 is 4.74 Å². The van der Waals surface area contributed by atoms with Gasteiger partial charge in [0.25, 0.3) is 5.56 Å². The average Bonchev–Trinajstić information content (AvgIpc) is 2.57. The minimum atomic E-state index is -0.427. The van der Waals surface area contributed by atoms with Crippen molar-refractivity contribution in [2.24, 2.45) is 0 Å². The van der Waals surface area contributed by atoms with Crippen molar-refractivity contribution in [3.8, 4) is 17.0 Å². The van der Waals surface area contributed by atoms with E-state index in [0.717, 1.165) is 0 Å². The third kappa shape index (κ3) is 3.32. The molecule has 1 heterocycles. The van der Waals surface area contributed by atoms with Crippen LogP contribution in [0.4, 0.5) is 8.78 Å². The van der Waals surface area contributed by atoms with Crippen molar-refractivity contribution < 1.29 is 13.5 Å². The summed E-state index contributed by atoms with van der Waals surface area (Å²) >= 11 is 0. The van der Waals surface area contributed by atoms with Crippen LogP contribution in [0.1, 0.15) is 5.56 Å². The van der Waals surface area contributed by atoms with Crippen LogP contribution in [0.15, 0.2) is 59.4 Å². The van der Waals surface area contributed by atoms with Gasteiger partial charge in [-0.3, -0.25) is 4.79 Å². The predicted molar refractivity (Wildman–Crippen MR) is 85.9 cm³/mol. The van der Waals surface area contributed by atoms with Crippen LogP contribution in [0.5, 0.6) is 5.75 Å². The van der Waals surface area contributed by atoms with Crippen LogP contribution in [0.3, 0.4) is 0 Å². The molecule has 0 aliphatic rings. The van der Waals surface area contributed by atoms with E-state index in [1.54, 1.807) is 18.2 Å². The van der Waals surface area contributed by atoms with Crippen LogP contribution in [0.25, 0.3) is 11.3 Å². The van der Waals surface area contributed by atoms with Crippen molar-refractivity contribution in [1.29, 1.82) is 0 Å². The molecule has 0 spiro atoms. The highest BCUT2D eigenvalue weighted by molar-refractivity contribution is 5.66. The molecule has 3 rings (SSSR count). The first-order valence-electron chi connectivity index (χ1n) is 7.23. The summed E-state index contributed by atoms with van der Waals surface area (Å²) in [6.45, 7) is 0.133. The molecule has 3 aromatic rings. The van der Waals surface area contributed by atoms with E-state index in [-0.39, 0.29) is 17.9 Å². The van der Waals surface area contributed by atoms with Crippen LogP contribution < -0.4 is 10.3 Å². The van der Waals surface area contributed by atoms with E-state index < -0.39 is 5.82 Å². The maximum atomic E-state index is 13.3. The minimum absolute atomic E-state index is 0.133. The first-order valence-corrected chi connectivity index (χ1v) is 7.23. The maximum absolute atomic E-state index is 13.3. The van der Waals surface area contributed by atoms with Crippen molar-refractivity contribution in [2.45, 2.75) is 6.54 Å². The van der Waals surface area contributed by atoms with Gasteiger partial charge in [0.05, 0.1) is 19.3 Å². The molecule has 0 amide bonds. The fourth-order valence-electron chi connectivity index (χ4n) is 2.39. The van der Waals surface area contributed by atoms with Crippen molar-refractivity contribution in [3.05, 3.63) is 82.1 Å². The number of ether oxygens (including phenoxy) is 1. The fraction of sp³-hybridized carbons (Fsp3) is 0.111. The van der Waals surface area contributed by atoms with Gasteiger partial charge in [-0.1, -0.05) is 12.1 Å². The van der Waals surface area contributed by atoms with Gasteiger partial charge in [0.2, 0.25) is 0 Å². The number of methoxy groups -OCH3 is 1. The van der Waals surface area contributed by atoms with Gasteiger partial charge in [0.15, 0.2) is 0 Å². The summed E-state index contributed by atoms with van der Waals surface area (Å²) in [6, 6.07) is 12.9. The van der Waals surface area contributed by atoms with E-state index in [4.69, 9.17) is 4.74 Å².